The Bertz CT molecular complexity index is 564. The second-order valence-corrected chi connectivity index (χ2v) is 4.80. The molecule has 1 amide bonds. The van der Waals surface area contributed by atoms with Gasteiger partial charge in [0.25, 0.3) is 5.91 Å². The molecular formula is C16H16ClNO2. The maximum Gasteiger partial charge on any atom is 0.251 e. The molecule has 104 valence electrons. The fourth-order valence-electron chi connectivity index (χ4n) is 1.82. The Morgan fingerprint density at radius 1 is 1.10 bits per heavy atom. The molecule has 0 radical (unpaired) electrons. The molecule has 3 nitrogen and oxygen atoms in total. The van der Waals surface area contributed by atoms with Gasteiger partial charge >= 0.3 is 0 Å². The van der Waals surface area contributed by atoms with Crippen molar-refractivity contribution in [2.75, 3.05) is 13.7 Å². The van der Waals surface area contributed by atoms with E-state index in [0.717, 1.165) is 17.7 Å². The van der Waals surface area contributed by atoms with Gasteiger partial charge in [-0.15, -0.1) is 0 Å². The van der Waals surface area contributed by atoms with Crippen molar-refractivity contribution < 1.29 is 9.53 Å². The van der Waals surface area contributed by atoms with E-state index in [1.165, 1.54) is 0 Å². The Balaban J connectivity index is 1.82. The molecule has 0 fully saturated rings. The van der Waals surface area contributed by atoms with Crippen molar-refractivity contribution in [3.63, 3.8) is 0 Å². The van der Waals surface area contributed by atoms with Gasteiger partial charge in [0.15, 0.2) is 0 Å². The van der Waals surface area contributed by atoms with Crippen LogP contribution >= 0.6 is 11.6 Å². The summed E-state index contributed by atoms with van der Waals surface area (Å²) >= 11 is 5.78. The molecule has 2 aromatic carbocycles. The number of carbonyl (C=O) groups excluding carboxylic acids is 1. The Kier molecular flexibility index (Phi) is 5.02. The Morgan fingerprint density at radius 3 is 2.35 bits per heavy atom. The minimum Gasteiger partial charge on any atom is -0.497 e. The number of hydrogen-bond donors (Lipinski definition) is 1. The zero-order valence-corrected chi connectivity index (χ0v) is 12.0. The van der Waals surface area contributed by atoms with Gasteiger partial charge in [-0.25, -0.2) is 0 Å². The number of methoxy groups -OCH3 is 1. The lowest BCUT2D eigenvalue weighted by atomic mass is 10.1. The lowest BCUT2D eigenvalue weighted by Gasteiger charge is -2.06. The van der Waals surface area contributed by atoms with Gasteiger partial charge in [-0.2, -0.15) is 0 Å². The van der Waals surface area contributed by atoms with E-state index in [4.69, 9.17) is 16.3 Å². The van der Waals surface area contributed by atoms with Crippen LogP contribution in [0.15, 0.2) is 48.5 Å². The van der Waals surface area contributed by atoms with Crippen molar-refractivity contribution in [3.05, 3.63) is 64.7 Å². The van der Waals surface area contributed by atoms with E-state index in [2.05, 4.69) is 5.32 Å². The molecule has 0 atom stereocenters. The monoisotopic (exact) mass is 289 g/mol. The summed E-state index contributed by atoms with van der Waals surface area (Å²) < 4.78 is 5.10. The molecule has 2 rings (SSSR count). The Morgan fingerprint density at radius 2 is 1.75 bits per heavy atom. The molecule has 4 heteroatoms. The molecule has 0 aromatic heterocycles. The number of carbonyl (C=O) groups is 1. The third kappa shape index (κ3) is 4.00. The zero-order valence-electron chi connectivity index (χ0n) is 11.2. The van der Waals surface area contributed by atoms with Gasteiger partial charge in [-0.3, -0.25) is 4.79 Å². The number of halogens is 1. The molecule has 0 saturated heterocycles. The second-order valence-electron chi connectivity index (χ2n) is 4.36. The van der Waals surface area contributed by atoms with Crippen LogP contribution in [-0.4, -0.2) is 19.6 Å². The first-order chi connectivity index (χ1) is 9.69. The number of nitrogens with one attached hydrogen (secondary N) is 1. The maximum atomic E-state index is 11.9. The van der Waals surface area contributed by atoms with Crippen molar-refractivity contribution in [2.45, 2.75) is 6.42 Å². The predicted octanol–water partition coefficient (Wildman–Crippen LogP) is 3.32. The maximum absolute atomic E-state index is 11.9. The first kappa shape index (κ1) is 14.4. The van der Waals surface area contributed by atoms with Gasteiger partial charge < -0.3 is 10.1 Å². The van der Waals surface area contributed by atoms with Crippen molar-refractivity contribution in [3.8, 4) is 5.75 Å². The standard InChI is InChI=1S/C16H16ClNO2/c1-20-15-8-2-12(3-9-15)10-11-18-16(19)13-4-6-14(17)7-5-13/h2-9H,10-11H2,1H3,(H,18,19). The summed E-state index contributed by atoms with van der Waals surface area (Å²) in [6.45, 7) is 0.591. The highest BCUT2D eigenvalue weighted by Crippen LogP contribution is 2.12. The summed E-state index contributed by atoms with van der Waals surface area (Å²) in [7, 11) is 1.64. The zero-order chi connectivity index (χ0) is 14.4. The smallest absolute Gasteiger partial charge is 0.251 e. The highest BCUT2D eigenvalue weighted by molar-refractivity contribution is 6.30. The summed E-state index contributed by atoms with van der Waals surface area (Å²) in [5, 5.41) is 3.51. The SMILES string of the molecule is COc1ccc(CCNC(=O)c2ccc(Cl)cc2)cc1. The minimum absolute atomic E-state index is 0.0878. The van der Waals surface area contributed by atoms with E-state index in [-0.39, 0.29) is 5.91 Å². The lowest BCUT2D eigenvalue weighted by Crippen LogP contribution is -2.25. The van der Waals surface area contributed by atoms with Crippen LogP contribution in [0.25, 0.3) is 0 Å². The molecule has 0 heterocycles. The van der Waals surface area contributed by atoms with Gasteiger partial charge in [0.05, 0.1) is 7.11 Å². The van der Waals surface area contributed by atoms with Crippen LogP contribution in [0, 0.1) is 0 Å². The van der Waals surface area contributed by atoms with Gasteiger partial charge in [-0.1, -0.05) is 23.7 Å². The summed E-state index contributed by atoms with van der Waals surface area (Å²) in [6, 6.07) is 14.7. The molecule has 0 aliphatic carbocycles. The molecular weight excluding hydrogens is 274 g/mol. The van der Waals surface area contributed by atoms with Crippen LogP contribution in [0.4, 0.5) is 0 Å². The van der Waals surface area contributed by atoms with Crippen LogP contribution in [0.3, 0.4) is 0 Å². The fourth-order valence-corrected chi connectivity index (χ4v) is 1.94. The number of ether oxygens (including phenoxy) is 1. The Labute approximate surface area is 123 Å². The van der Waals surface area contributed by atoms with Gasteiger partial charge in [0.2, 0.25) is 0 Å². The molecule has 2 aromatic rings. The third-order valence-corrected chi connectivity index (χ3v) is 3.22. The third-order valence-electron chi connectivity index (χ3n) is 2.96. The van der Waals surface area contributed by atoms with E-state index in [0.29, 0.717) is 17.1 Å². The van der Waals surface area contributed by atoms with Crippen molar-refractivity contribution in [2.24, 2.45) is 0 Å². The van der Waals surface area contributed by atoms with Gasteiger partial charge in [-0.05, 0) is 48.4 Å². The van der Waals surface area contributed by atoms with Crippen LogP contribution in [0.5, 0.6) is 5.75 Å². The number of amides is 1. The molecule has 0 unspecified atom stereocenters. The minimum atomic E-state index is -0.0878. The van der Waals surface area contributed by atoms with E-state index in [1.54, 1.807) is 31.4 Å². The van der Waals surface area contributed by atoms with Crippen molar-refractivity contribution in [1.82, 2.24) is 5.32 Å². The number of hydrogen-bond acceptors (Lipinski definition) is 2. The number of rotatable bonds is 5. The van der Waals surface area contributed by atoms with Crippen LogP contribution < -0.4 is 10.1 Å². The lowest BCUT2D eigenvalue weighted by molar-refractivity contribution is 0.0954. The summed E-state index contributed by atoms with van der Waals surface area (Å²) in [6.07, 6.45) is 0.781. The van der Waals surface area contributed by atoms with Crippen LogP contribution in [0.1, 0.15) is 15.9 Å². The van der Waals surface area contributed by atoms with Crippen molar-refractivity contribution >= 4 is 17.5 Å². The first-order valence-electron chi connectivity index (χ1n) is 6.36. The summed E-state index contributed by atoms with van der Waals surface area (Å²) in [5.41, 5.74) is 1.77. The van der Waals surface area contributed by atoms with E-state index < -0.39 is 0 Å². The van der Waals surface area contributed by atoms with E-state index in [9.17, 15) is 4.79 Å². The molecule has 0 bridgehead atoms. The molecule has 0 spiro atoms. The average molecular weight is 290 g/mol. The Hall–Kier alpha value is -2.00. The van der Waals surface area contributed by atoms with E-state index >= 15 is 0 Å². The molecule has 1 N–H and O–H groups in total. The van der Waals surface area contributed by atoms with Gasteiger partial charge in [0.1, 0.15) is 5.75 Å². The first-order valence-corrected chi connectivity index (χ1v) is 6.73. The fraction of sp³-hybridized carbons (Fsp3) is 0.188. The van der Waals surface area contributed by atoms with Gasteiger partial charge in [0, 0.05) is 17.1 Å². The largest absolute Gasteiger partial charge is 0.497 e. The molecule has 20 heavy (non-hydrogen) atoms. The average Bonchev–Trinajstić information content (AvgIpc) is 2.48. The van der Waals surface area contributed by atoms with Crippen LogP contribution in [-0.2, 0) is 6.42 Å². The predicted molar refractivity (Wildman–Crippen MR) is 80.5 cm³/mol. The van der Waals surface area contributed by atoms with E-state index in [1.807, 2.05) is 24.3 Å². The topological polar surface area (TPSA) is 38.3 Å². The molecule has 0 aliphatic rings. The highest BCUT2D eigenvalue weighted by Gasteiger charge is 2.04. The van der Waals surface area contributed by atoms with Crippen molar-refractivity contribution in [1.29, 1.82) is 0 Å². The summed E-state index contributed by atoms with van der Waals surface area (Å²) in [4.78, 5) is 11.9. The molecule has 0 aliphatic heterocycles. The van der Waals surface area contributed by atoms with Crippen LogP contribution in [0.2, 0.25) is 5.02 Å². The summed E-state index contributed by atoms with van der Waals surface area (Å²) in [5.74, 6) is 0.745. The molecule has 0 saturated carbocycles. The normalized spacial score (nSPS) is 10.1. The second kappa shape index (κ2) is 6.96. The number of benzene rings is 2. The highest BCUT2D eigenvalue weighted by atomic mass is 35.5. The quantitative estimate of drug-likeness (QED) is 0.917.